The number of methoxy groups -OCH3 is 2. The first-order chi connectivity index (χ1) is 20.7. The summed E-state index contributed by atoms with van der Waals surface area (Å²) in [4.78, 5) is 0. The third kappa shape index (κ3) is 3.69. The zero-order valence-electron chi connectivity index (χ0n) is 23.4. The first kappa shape index (κ1) is 24.3. The Kier molecular flexibility index (Phi) is 5.54. The van der Waals surface area contributed by atoms with E-state index in [4.69, 9.17) is 9.47 Å². The molecule has 0 aliphatic heterocycles. The Morgan fingerprint density at radius 1 is 0.381 bits per heavy atom. The Hall–Kier alpha value is -5.48. The van der Waals surface area contributed by atoms with Gasteiger partial charge >= 0.3 is 0 Å². The number of aromatic nitrogens is 2. The first-order valence-corrected chi connectivity index (χ1v) is 14.1. The van der Waals surface area contributed by atoms with Crippen LogP contribution in [0.15, 0.2) is 133 Å². The van der Waals surface area contributed by atoms with Gasteiger partial charge in [-0.1, -0.05) is 48.5 Å². The molecule has 8 aromatic rings. The molecule has 0 fully saturated rings. The van der Waals surface area contributed by atoms with Gasteiger partial charge in [-0.05, 0) is 96.1 Å². The van der Waals surface area contributed by atoms with Gasteiger partial charge in [0.05, 0.1) is 36.3 Å². The van der Waals surface area contributed by atoms with Crippen molar-refractivity contribution in [1.29, 1.82) is 0 Å². The van der Waals surface area contributed by atoms with E-state index in [1.54, 1.807) is 14.2 Å². The molecule has 0 atom stereocenters. The minimum atomic E-state index is 0.852. The maximum absolute atomic E-state index is 5.40. The highest BCUT2D eigenvalue weighted by Gasteiger charge is 2.16. The summed E-state index contributed by atoms with van der Waals surface area (Å²) in [5, 5.41) is 4.95. The van der Waals surface area contributed by atoms with E-state index in [1.807, 2.05) is 24.3 Å². The summed E-state index contributed by atoms with van der Waals surface area (Å²) >= 11 is 0. The molecule has 0 bridgehead atoms. The summed E-state index contributed by atoms with van der Waals surface area (Å²) < 4.78 is 15.5. The second-order valence-corrected chi connectivity index (χ2v) is 10.6. The Bertz CT molecular complexity index is 2090. The van der Waals surface area contributed by atoms with Crippen molar-refractivity contribution in [1.82, 2.24) is 9.13 Å². The van der Waals surface area contributed by atoms with Gasteiger partial charge in [0.1, 0.15) is 11.5 Å². The van der Waals surface area contributed by atoms with E-state index in [1.165, 1.54) is 54.7 Å². The normalized spacial score (nSPS) is 11.6. The molecule has 6 aromatic carbocycles. The molecule has 42 heavy (non-hydrogen) atoms. The van der Waals surface area contributed by atoms with Gasteiger partial charge in [-0.15, -0.1) is 0 Å². The average Bonchev–Trinajstić information content (AvgIpc) is 3.57. The van der Waals surface area contributed by atoms with Crippen LogP contribution in [0.3, 0.4) is 0 Å². The number of benzene rings is 6. The van der Waals surface area contributed by atoms with Crippen molar-refractivity contribution in [3.05, 3.63) is 133 Å². The van der Waals surface area contributed by atoms with E-state index in [0.29, 0.717) is 0 Å². The highest BCUT2D eigenvalue weighted by Crippen LogP contribution is 2.38. The predicted octanol–water partition coefficient (Wildman–Crippen LogP) is 9.56. The molecule has 202 valence electrons. The van der Waals surface area contributed by atoms with Crippen LogP contribution in [0.1, 0.15) is 0 Å². The molecule has 0 N–H and O–H groups in total. The van der Waals surface area contributed by atoms with Crippen molar-refractivity contribution in [2.45, 2.75) is 0 Å². The van der Waals surface area contributed by atoms with Crippen molar-refractivity contribution < 1.29 is 9.47 Å². The number of rotatable bonds is 5. The molecule has 8 rings (SSSR count). The molecule has 0 saturated carbocycles. The largest absolute Gasteiger partial charge is 0.497 e. The van der Waals surface area contributed by atoms with E-state index >= 15 is 0 Å². The molecule has 4 heteroatoms. The molecule has 0 aliphatic rings. The zero-order chi connectivity index (χ0) is 28.2. The van der Waals surface area contributed by atoms with E-state index in [-0.39, 0.29) is 0 Å². The Labute approximate surface area is 243 Å². The number of para-hydroxylation sites is 2. The van der Waals surface area contributed by atoms with Crippen LogP contribution < -0.4 is 9.47 Å². The maximum Gasteiger partial charge on any atom is 0.119 e. The van der Waals surface area contributed by atoms with Gasteiger partial charge in [-0.25, -0.2) is 0 Å². The lowest BCUT2D eigenvalue weighted by Crippen LogP contribution is -1.94. The summed E-state index contributed by atoms with van der Waals surface area (Å²) in [7, 11) is 3.40. The van der Waals surface area contributed by atoms with E-state index < -0.39 is 0 Å². The van der Waals surface area contributed by atoms with Gasteiger partial charge in [-0.3, -0.25) is 0 Å². The van der Waals surface area contributed by atoms with Crippen molar-refractivity contribution in [3.63, 3.8) is 0 Å². The van der Waals surface area contributed by atoms with Crippen molar-refractivity contribution in [2.24, 2.45) is 0 Å². The predicted molar refractivity (Wildman–Crippen MR) is 174 cm³/mol. The van der Waals surface area contributed by atoms with Crippen LogP contribution >= 0.6 is 0 Å². The van der Waals surface area contributed by atoms with Gasteiger partial charge < -0.3 is 18.6 Å². The van der Waals surface area contributed by atoms with Crippen molar-refractivity contribution >= 4 is 43.6 Å². The molecule has 0 saturated heterocycles. The smallest absolute Gasteiger partial charge is 0.119 e. The fourth-order valence-electron chi connectivity index (χ4n) is 6.32. The van der Waals surface area contributed by atoms with Crippen LogP contribution in [0.5, 0.6) is 11.5 Å². The third-order valence-electron chi connectivity index (χ3n) is 8.34. The Morgan fingerprint density at radius 2 is 0.762 bits per heavy atom. The minimum absolute atomic E-state index is 0.852. The zero-order valence-corrected chi connectivity index (χ0v) is 23.4. The molecular formula is C38H28N2O2. The second-order valence-electron chi connectivity index (χ2n) is 10.6. The Morgan fingerprint density at radius 3 is 1.17 bits per heavy atom. The van der Waals surface area contributed by atoms with Gasteiger partial charge in [0.15, 0.2) is 0 Å². The summed E-state index contributed by atoms with van der Waals surface area (Å²) in [6, 6.07) is 47.4. The summed E-state index contributed by atoms with van der Waals surface area (Å²) in [5.41, 5.74) is 9.36. The molecule has 2 heterocycles. The van der Waals surface area contributed by atoms with Gasteiger partial charge in [0, 0.05) is 32.9 Å². The van der Waals surface area contributed by atoms with Crippen LogP contribution in [0.2, 0.25) is 0 Å². The van der Waals surface area contributed by atoms with Crippen LogP contribution in [0.25, 0.3) is 66.1 Å². The second kappa shape index (κ2) is 9.57. The summed E-state index contributed by atoms with van der Waals surface area (Å²) in [6.45, 7) is 0. The highest BCUT2D eigenvalue weighted by molar-refractivity contribution is 6.12. The summed E-state index contributed by atoms with van der Waals surface area (Å²) in [6.07, 6.45) is 0. The molecule has 2 aromatic heterocycles. The molecule has 0 spiro atoms. The van der Waals surface area contributed by atoms with Gasteiger partial charge in [0.2, 0.25) is 0 Å². The fraction of sp³-hybridized carbons (Fsp3) is 0.0526. The van der Waals surface area contributed by atoms with E-state index in [2.05, 4.69) is 118 Å². The van der Waals surface area contributed by atoms with Crippen LogP contribution in [0.4, 0.5) is 0 Å². The van der Waals surface area contributed by atoms with Crippen LogP contribution in [-0.2, 0) is 0 Å². The number of hydrogen-bond donors (Lipinski definition) is 0. The first-order valence-electron chi connectivity index (χ1n) is 14.1. The highest BCUT2D eigenvalue weighted by atomic mass is 16.5. The molecular weight excluding hydrogens is 516 g/mol. The fourth-order valence-corrected chi connectivity index (χ4v) is 6.32. The average molecular weight is 545 g/mol. The number of hydrogen-bond acceptors (Lipinski definition) is 2. The lowest BCUT2D eigenvalue weighted by atomic mass is 10.0. The van der Waals surface area contributed by atoms with E-state index in [0.717, 1.165) is 22.9 Å². The number of fused-ring (bicyclic) bond motifs is 6. The van der Waals surface area contributed by atoms with Crippen molar-refractivity contribution in [3.8, 4) is 34.0 Å². The van der Waals surface area contributed by atoms with Gasteiger partial charge in [0.25, 0.3) is 0 Å². The molecule has 0 amide bonds. The standard InChI is InChI=1S/C38H28N2O2/c1-41-29-17-13-27(14-18-29)39-35-9-5-3-7-31(35)33-23-25(11-21-37(33)39)26-12-22-38-34(24-26)32-8-4-6-10-36(32)40(38)28-15-19-30(42-2)20-16-28/h3-24H,1-2H3. The molecule has 0 radical (unpaired) electrons. The minimum Gasteiger partial charge on any atom is -0.497 e. The SMILES string of the molecule is COc1ccc(-n2c3ccccc3c3cc(-c4ccc5c(c4)c4ccccc4n5-c4ccc(OC)cc4)ccc32)cc1. The van der Waals surface area contributed by atoms with Gasteiger partial charge in [-0.2, -0.15) is 0 Å². The summed E-state index contributed by atoms with van der Waals surface area (Å²) in [5.74, 6) is 1.70. The van der Waals surface area contributed by atoms with Crippen LogP contribution in [0, 0.1) is 0 Å². The third-order valence-corrected chi connectivity index (χ3v) is 8.34. The topological polar surface area (TPSA) is 28.3 Å². The van der Waals surface area contributed by atoms with E-state index in [9.17, 15) is 0 Å². The van der Waals surface area contributed by atoms with Crippen LogP contribution in [-0.4, -0.2) is 23.4 Å². The monoisotopic (exact) mass is 544 g/mol. The molecule has 0 unspecified atom stereocenters. The maximum atomic E-state index is 5.40. The van der Waals surface area contributed by atoms with Crippen molar-refractivity contribution in [2.75, 3.05) is 14.2 Å². The Balaban J connectivity index is 1.31. The molecule has 4 nitrogen and oxygen atoms in total. The lowest BCUT2D eigenvalue weighted by Gasteiger charge is -2.10. The molecule has 0 aliphatic carbocycles. The quantitative estimate of drug-likeness (QED) is 0.216. The number of nitrogens with zero attached hydrogens (tertiary/aromatic N) is 2. The lowest BCUT2D eigenvalue weighted by molar-refractivity contribution is 0.414. The number of ether oxygens (including phenoxy) is 2.